The lowest BCUT2D eigenvalue weighted by atomic mass is 9.98. The van der Waals surface area contributed by atoms with Gasteiger partial charge in [0.25, 0.3) is 0 Å². The van der Waals surface area contributed by atoms with E-state index in [-0.39, 0.29) is 11.8 Å². The quantitative estimate of drug-likeness (QED) is 0.786. The highest BCUT2D eigenvalue weighted by Gasteiger charge is 2.16. The van der Waals surface area contributed by atoms with Crippen LogP contribution in [0.3, 0.4) is 0 Å². The third-order valence-electron chi connectivity index (χ3n) is 3.82. The van der Waals surface area contributed by atoms with Gasteiger partial charge in [-0.2, -0.15) is 0 Å². The minimum atomic E-state index is 0.119. The summed E-state index contributed by atoms with van der Waals surface area (Å²) < 4.78 is 0. The molecule has 1 N–H and O–H groups in total. The first-order chi connectivity index (χ1) is 9.76. The molecule has 1 unspecified atom stereocenters. The molecule has 106 valence electrons. The normalized spacial score (nSPS) is 12.3. The van der Waals surface area contributed by atoms with Crippen LogP contribution in [0.15, 0.2) is 42.5 Å². The molecular weight excluding hydrogens is 246 g/mol. The topological polar surface area (TPSA) is 29.1 Å². The molecule has 1 atom stereocenters. The highest BCUT2D eigenvalue weighted by molar-refractivity contribution is 6.02. The molecule has 1 amide bonds. The smallest absolute Gasteiger partial charge is 0.227 e. The van der Waals surface area contributed by atoms with E-state index in [9.17, 15) is 4.79 Å². The number of hydrogen-bond acceptors (Lipinski definition) is 1. The van der Waals surface area contributed by atoms with Gasteiger partial charge >= 0.3 is 0 Å². The fourth-order valence-electron chi connectivity index (χ4n) is 2.54. The number of amides is 1. The van der Waals surface area contributed by atoms with Gasteiger partial charge in [-0.15, -0.1) is 0 Å². The van der Waals surface area contributed by atoms with Crippen LogP contribution < -0.4 is 5.32 Å². The molecule has 0 radical (unpaired) electrons. The van der Waals surface area contributed by atoms with Crippen molar-refractivity contribution in [1.29, 1.82) is 0 Å². The van der Waals surface area contributed by atoms with Gasteiger partial charge in [0.15, 0.2) is 0 Å². The number of carbonyl (C=O) groups excluding carboxylic acids is 1. The molecule has 0 fully saturated rings. The maximum absolute atomic E-state index is 12.4. The number of carbonyl (C=O) groups is 1. The van der Waals surface area contributed by atoms with Crippen molar-refractivity contribution in [2.45, 2.75) is 39.5 Å². The Kier molecular flexibility index (Phi) is 5.16. The number of nitrogens with one attached hydrogen (secondary N) is 1. The number of unbranched alkanes of at least 4 members (excludes halogenated alkanes) is 1. The van der Waals surface area contributed by atoms with E-state index in [2.05, 4.69) is 37.4 Å². The third-order valence-corrected chi connectivity index (χ3v) is 3.82. The maximum Gasteiger partial charge on any atom is 0.227 e. The maximum atomic E-state index is 12.4. The zero-order chi connectivity index (χ0) is 14.4. The van der Waals surface area contributed by atoms with Gasteiger partial charge < -0.3 is 5.32 Å². The molecule has 0 aliphatic carbocycles. The summed E-state index contributed by atoms with van der Waals surface area (Å²) in [7, 11) is 0. The standard InChI is InChI=1S/C18H23NO/c1-3-5-9-14(4-2)18(20)19-17-13-8-11-15-10-6-7-12-16(15)17/h6-8,10-14H,3-5,9H2,1-2H3,(H,19,20). The van der Waals surface area contributed by atoms with Crippen molar-refractivity contribution in [2.75, 3.05) is 5.32 Å². The van der Waals surface area contributed by atoms with E-state index in [0.717, 1.165) is 42.1 Å². The largest absolute Gasteiger partial charge is 0.325 e. The first-order valence-corrected chi connectivity index (χ1v) is 7.54. The van der Waals surface area contributed by atoms with Crippen LogP contribution in [0.4, 0.5) is 5.69 Å². The molecule has 2 rings (SSSR count). The second kappa shape index (κ2) is 7.09. The molecule has 2 nitrogen and oxygen atoms in total. The molecule has 2 aromatic carbocycles. The summed E-state index contributed by atoms with van der Waals surface area (Å²) in [6.07, 6.45) is 4.12. The number of rotatable bonds is 6. The van der Waals surface area contributed by atoms with Crippen molar-refractivity contribution < 1.29 is 4.79 Å². The number of fused-ring (bicyclic) bond motifs is 1. The molecule has 2 heteroatoms. The SMILES string of the molecule is CCCCC(CC)C(=O)Nc1cccc2ccccc12. The molecule has 0 aliphatic rings. The summed E-state index contributed by atoms with van der Waals surface area (Å²) in [6, 6.07) is 14.2. The van der Waals surface area contributed by atoms with Crippen molar-refractivity contribution >= 4 is 22.4 Å². The highest BCUT2D eigenvalue weighted by Crippen LogP contribution is 2.24. The molecule has 0 saturated heterocycles. The highest BCUT2D eigenvalue weighted by atomic mass is 16.1. The lowest BCUT2D eigenvalue weighted by molar-refractivity contribution is -0.120. The summed E-state index contributed by atoms with van der Waals surface area (Å²) in [4.78, 5) is 12.4. The van der Waals surface area contributed by atoms with Crippen LogP contribution in [0.1, 0.15) is 39.5 Å². The van der Waals surface area contributed by atoms with E-state index in [0.29, 0.717) is 0 Å². The lowest BCUT2D eigenvalue weighted by Crippen LogP contribution is -2.22. The molecule has 0 bridgehead atoms. The van der Waals surface area contributed by atoms with Crippen molar-refractivity contribution in [3.05, 3.63) is 42.5 Å². The number of benzene rings is 2. The number of hydrogen-bond donors (Lipinski definition) is 1. The fourth-order valence-corrected chi connectivity index (χ4v) is 2.54. The predicted octanol–water partition coefficient (Wildman–Crippen LogP) is 4.99. The fraction of sp³-hybridized carbons (Fsp3) is 0.389. The Morgan fingerprint density at radius 1 is 1.10 bits per heavy atom. The van der Waals surface area contributed by atoms with Crippen molar-refractivity contribution in [3.63, 3.8) is 0 Å². The first-order valence-electron chi connectivity index (χ1n) is 7.54. The Morgan fingerprint density at radius 3 is 2.60 bits per heavy atom. The predicted molar refractivity (Wildman–Crippen MR) is 85.9 cm³/mol. The Morgan fingerprint density at radius 2 is 1.85 bits per heavy atom. The van der Waals surface area contributed by atoms with E-state index in [1.807, 2.05) is 24.3 Å². The van der Waals surface area contributed by atoms with E-state index < -0.39 is 0 Å². The Hall–Kier alpha value is -1.83. The number of anilines is 1. The van der Waals surface area contributed by atoms with Crippen LogP contribution in [-0.2, 0) is 4.79 Å². The second-order valence-corrected chi connectivity index (χ2v) is 5.26. The molecule has 2 aromatic rings. The van der Waals surface area contributed by atoms with Crippen LogP contribution in [0.25, 0.3) is 10.8 Å². The summed E-state index contributed by atoms with van der Waals surface area (Å²) in [5.41, 5.74) is 0.919. The Balaban J connectivity index is 2.17. The van der Waals surface area contributed by atoms with Gasteiger partial charge in [-0.3, -0.25) is 4.79 Å². The van der Waals surface area contributed by atoms with Crippen LogP contribution in [0, 0.1) is 5.92 Å². The lowest BCUT2D eigenvalue weighted by Gasteiger charge is -2.15. The van der Waals surface area contributed by atoms with E-state index >= 15 is 0 Å². The summed E-state index contributed by atoms with van der Waals surface area (Å²) in [5, 5.41) is 5.37. The van der Waals surface area contributed by atoms with Crippen molar-refractivity contribution in [1.82, 2.24) is 0 Å². The average Bonchev–Trinajstić information content (AvgIpc) is 2.48. The van der Waals surface area contributed by atoms with Crippen molar-refractivity contribution in [2.24, 2.45) is 5.92 Å². The van der Waals surface area contributed by atoms with E-state index in [4.69, 9.17) is 0 Å². The average molecular weight is 269 g/mol. The zero-order valence-electron chi connectivity index (χ0n) is 12.4. The minimum Gasteiger partial charge on any atom is -0.325 e. The van der Waals surface area contributed by atoms with Gasteiger partial charge in [-0.25, -0.2) is 0 Å². The first kappa shape index (κ1) is 14.6. The van der Waals surface area contributed by atoms with Gasteiger partial charge in [0.2, 0.25) is 5.91 Å². The van der Waals surface area contributed by atoms with Gasteiger partial charge in [-0.05, 0) is 24.3 Å². The molecule has 0 spiro atoms. The minimum absolute atomic E-state index is 0.119. The summed E-state index contributed by atoms with van der Waals surface area (Å²) >= 11 is 0. The van der Waals surface area contributed by atoms with E-state index in [1.54, 1.807) is 0 Å². The van der Waals surface area contributed by atoms with Gasteiger partial charge in [-0.1, -0.05) is 63.1 Å². The van der Waals surface area contributed by atoms with Crippen molar-refractivity contribution in [3.8, 4) is 0 Å². The summed E-state index contributed by atoms with van der Waals surface area (Å²) in [6.45, 7) is 4.25. The van der Waals surface area contributed by atoms with Crippen LogP contribution in [0.5, 0.6) is 0 Å². The van der Waals surface area contributed by atoms with Crippen LogP contribution in [-0.4, -0.2) is 5.91 Å². The summed E-state index contributed by atoms with van der Waals surface area (Å²) in [5.74, 6) is 0.270. The Bertz CT molecular complexity index is 571. The van der Waals surface area contributed by atoms with Crippen LogP contribution in [0.2, 0.25) is 0 Å². The molecule has 0 saturated carbocycles. The second-order valence-electron chi connectivity index (χ2n) is 5.26. The Labute approximate surface area is 121 Å². The molecule has 0 aliphatic heterocycles. The zero-order valence-corrected chi connectivity index (χ0v) is 12.4. The molecular formula is C18H23NO. The van der Waals surface area contributed by atoms with E-state index in [1.165, 1.54) is 0 Å². The monoisotopic (exact) mass is 269 g/mol. The molecule has 0 aromatic heterocycles. The van der Waals surface area contributed by atoms with Gasteiger partial charge in [0, 0.05) is 17.0 Å². The van der Waals surface area contributed by atoms with Crippen LogP contribution >= 0.6 is 0 Å². The van der Waals surface area contributed by atoms with Gasteiger partial charge in [0.05, 0.1) is 0 Å². The third kappa shape index (κ3) is 3.38. The molecule has 20 heavy (non-hydrogen) atoms. The van der Waals surface area contributed by atoms with Gasteiger partial charge in [0.1, 0.15) is 0 Å². The molecule has 0 heterocycles.